The van der Waals surface area contributed by atoms with Gasteiger partial charge in [0.25, 0.3) is 0 Å². The fraction of sp³-hybridized carbons (Fsp3) is 0.481. The van der Waals surface area contributed by atoms with Gasteiger partial charge in [-0.15, -0.1) is 0 Å². The van der Waals surface area contributed by atoms with Gasteiger partial charge in [0, 0.05) is 18.8 Å². The van der Waals surface area contributed by atoms with Crippen LogP contribution in [0.4, 0.5) is 5.69 Å². The Morgan fingerprint density at radius 1 is 1.12 bits per heavy atom. The summed E-state index contributed by atoms with van der Waals surface area (Å²) in [6, 6.07) is 13.2. The number of aromatic carboxylic acids is 1. The topological polar surface area (TPSA) is 78.9 Å². The number of para-hydroxylation sites is 1. The summed E-state index contributed by atoms with van der Waals surface area (Å²) in [5.41, 5.74) is 3.22. The normalized spacial score (nSPS) is 14.3. The van der Waals surface area contributed by atoms with Crippen molar-refractivity contribution in [1.29, 1.82) is 0 Å². The minimum absolute atomic E-state index is 0. The van der Waals surface area contributed by atoms with Crippen molar-refractivity contribution in [1.82, 2.24) is 5.32 Å². The zero-order valence-electron chi connectivity index (χ0n) is 22.0. The third-order valence-corrected chi connectivity index (χ3v) is 5.99. The number of hydrogen-bond acceptors (Lipinski definition) is 4. The smallest absolute Gasteiger partial charge is 1.00 e. The van der Waals surface area contributed by atoms with E-state index in [1.165, 1.54) is 31.0 Å². The van der Waals surface area contributed by atoms with Crippen LogP contribution >= 0.6 is 0 Å². The predicted octanol–water partition coefficient (Wildman–Crippen LogP) is 2.34. The Morgan fingerprint density at radius 3 is 2.47 bits per heavy atom. The largest absolute Gasteiger partial charge is 1.00 e. The van der Waals surface area contributed by atoms with Crippen LogP contribution in [0, 0.1) is 5.92 Å². The summed E-state index contributed by atoms with van der Waals surface area (Å²) in [6.07, 6.45) is 4.68. The van der Waals surface area contributed by atoms with E-state index in [9.17, 15) is 14.7 Å². The second-order valence-corrected chi connectivity index (χ2v) is 9.10. The maximum absolute atomic E-state index is 13.1. The molecule has 0 bridgehead atoms. The molecule has 1 heterocycles. The van der Waals surface area contributed by atoms with Crippen LogP contribution in [0.2, 0.25) is 0 Å². The van der Waals surface area contributed by atoms with E-state index < -0.39 is 5.97 Å². The number of nitrogens with one attached hydrogen (secondary N) is 1. The third kappa shape index (κ3) is 7.76. The van der Waals surface area contributed by atoms with Crippen molar-refractivity contribution in [3.05, 3.63) is 59.2 Å². The van der Waals surface area contributed by atoms with Crippen molar-refractivity contribution in [3.8, 4) is 5.75 Å². The van der Waals surface area contributed by atoms with Gasteiger partial charge in [0.1, 0.15) is 11.3 Å². The summed E-state index contributed by atoms with van der Waals surface area (Å²) < 4.78 is 5.49. The third-order valence-electron chi connectivity index (χ3n) is 5.99. The van der Waals surface area contributed by atoms with Gasteiger partial charge in [-0.05, 0) is 67.9 Å². The van der Waals surface area contributed by atoms with Gasteiger partial charge in [-0.3, -0.25) is 4.79 Å². The van der Waals surface area contributed by atoms with E-state index in [0.29, 0.717) is 18.3 Å². The minimum atomic E-state index is -1.04. The molecule has 0 radical (unpaired) electrons. The maximum atomic E-state index is 13.1. The van der Waals surface area contributed by atoms with Crippen molar-refractivity contribution in [3.63, 3.8) is 0 Å². The van der Waals surface area contributed by atoms with Crippen molar-refractivity contribution in [2.24, 2.45) is 5.92 Å². The van der Waals surface area contributed by atoms with Gasteiger partial charge >= 0.3 is 35.5 Å². The predicted molar refractivity (Wildman–Crippen MR) is 132 cm³/mol. The molecule has 1 aliphatic rings. The van der Waals surface area contributed by atoms with Crippen LogP contribution < -0.4 is 44.5 Å². The van der Waals surface area contributed by atoms with E-state index in [0.717, 1.165) is 30.6 Å². The molecule has 2 aromatic carbocycles. The number of benzene rings is 2. The van der Waals surface area contributed by atoms with E-state index in [1.54, 1.807) is 19.1 Å². The minimum Gasteiger partial charge on any atom is -1.00 e. The maximum Gasteiger partial charge on any atom is 1.00 e. The molecule has 1 atom stereocenters. The number of carbonyl (C=O) groups is 2. The Kier molecular flexibility index (Phi) is 11.4. The molecule has 2 aromatic rings. The second kappa shape index (κ2) is 13.8. The fourth-order valence-electron chi connectivity index (χ4n) is 4.50. The molecule has 34 heavy (non-hydrogen) atoms. The van der Waals surface area contributed by atoms with Gasteiger partial charge in [-0.1, -0.05) is 38.1 Å². The van der Waals surface area contributed by atoms with Gasteiger partial charge in [0.15, 0.2) is 0 Å². The first-order valence-electron chi connectivity index (χ1n) is 12.0. The van der Waals surface area contributed by atoms with Crippen molar-refractivity contribution >= 4 is 17.6 Å². The van der Waals surface area contributed by atoms with Gasteiger partial charge in [0.2, 0.25) is 5.91 Å². The Morgan fingerprint density at radius 2 is 1.82 bits per heavy atom. The standard InChI is InChI=1S/C27H36N2O4.Na.H/c1-4-33-25-17-20(12-13-22(25)27(31)32)18-26(30)28-23(16-19(2)3)21-10-6-7-11-24(21)29-14-8-5-9-15-29;;/h6-7,10-13,17,19,23H,4-5,8-9,14-16,18H2,1-3H3,(H,28,30)(H,31,32);;/q;+1;-1/t23-;;/m0../s1. The summed E-state index contributed by atoms with van der Waals surface area (Å²) in [5.74, 6) is -0.408. The van der Waals surface area contributed by atoms with Gasteiger partial charge in [0.05, 0.1) is 19.1 Å². The number of rotatable bonds is 10. The monoisotopic (exact) mass is 476 g/mol. The molecular formula is C27H37N2NaO4. The summed E-state index contributed by atoms with van der Waals surface area (Å²) >= 11 is 0. The number of carboxylic acids is 1. The summed E-state index contributed by atoms with van der Waals surface area (Å²) in [6.45, 7) is 8.61. The average Bonchev–Trinajstić information content (AvgIpc) is 2.79. The molecule has 0 spiro atoms. The van der Waals surface area contributed by atoms with E-state index in [4.69, 9.17) is 4.74 Å². The first kappa shape index (κ1) is 28.2. The van der Waals surface area contributed by atoms with Gasteiger partial charge < -0.3 is 21.5 Å². The van der Waals surface area contributed by atoms with Crippen LogP contribution in [0.1, 0.15) is 75.4 Å². The molecule has 0 saturated carbocycles. The van der Waals surface area contributed by atoms with E-state index >= 15 is 0 Å². The van der Waals surface area contributed by atoms with Crippen LogP contribution in [0.15, 0.2) is 42.5 Å². The fourth-order valence-corrected chi connectivity index (χ4v) is 4.50. The Hall–Kier alpha value is -2.02. The summed E-state index contributed by atoms with van der Waals surface area (Å²) in [4.78, 5) is 26.9. The number of amides is 1. The zero-order valence-corrected chi connectivity index (χ0v) is 23.0. The van der Waals surface area contributed by atoms with E-state index in [-0.39, 0.29) is 54.9 Å². The van der Waals surface area contributed by atoms with Gasteiger partial charge in [-0.2, -0.15) is 0 Å². The van der Waals surface area contributed by atoms with Crippen LogP contribution in [0.5, 0.6) is 5.75 Å². The average molecular weight is 477 g/mol. The molecular weight excluding hydrogens is 439 g/mol. The van der Waals surface area contributed by atoms with Crippen molar-refractivity contribution in [2.45, 2.75) is 58.9 Å². The molecule has 0 aliphatic carbocycles. The van der Waals surface area contributed by atoms with Crippen LogP contribution in [0.25, 0.3) is 0 Å². The Balaban J connectivity index is 0.00000306. The number of carbonyl (C=O) groups excluding carboxylic acids is 1. The number of piperidine rings is 1. The molecule has 1 aliphatic heterocycles. The molecule has 0 aromatic heterocycles. The quantitative estimate of drug-likeness (QED) is 0.515. The van der Waals surface area contributed by atoms with E-state index in [2.05, 4.69) is 42.3 Å². The molecule has 0 unspecified atom stereocenters. The van der Waals surface area contributed by atoms with Gasteiger partial charge in [-0.25, -0.2) is 4.79 Å². The van der Waals surface area contributed by atoms with Crippen molar-refractivity contribution < 1.29 is 50.4 Å². The molecule has 1 saturated heterocycles. The molecule has 7 heteroatoms. The molecule has 180 valence electrons. The Labute approximate surface area is 226 Å². The Bertz CT molecular complexity index is 964. The molecule has 2 N–H and O–H groups in total. The van der Waals surface area contributed by atoms with Crippen LogP contribution in [-0.4, -0.2) is 36.7 Å². The summed E-state index contributed by atoms with van der Waals surface area (Å²) in [7, 11) is 0. The number of anilines is 1. The van der Waals surface area contributed by atoms with Crippen LogP contribution in [-0.2, 0) is 11.2 Å². The SMILES string of the molecule is CCOc1cc(CC(=O)N[C@@H](CC(C)C)c2ccccc2N2CCCCC2)ccc1C(=O)O.[H-].[Na+]. The first-order valence-corrected chi connectivity index (χ1v) is 12.0. The summed E-state index contributed by atoms with van der Waals surface area (Å²) in [5, 5.41) is 12.6. The second-order valence-electron chi connectivity index (χ2n) is 9.10. The number of ether oxygens (including phenoxy) is 1. The number of carboxylic acid groups (broad SMARTS) is 1. The molecule has 1 amide bonds. The molecule has 3 rings (SSSR count). The van der Waals surface area contributed by atoms with E-state index in [1.807, 2.05) is 6.07 Å². The van der Waals surface area contributed by atoms with Crippen LogP contribution in [0.3, 0.4) is 0 Å². The number of hydrogen-bond donors (Lipinski definition) is 2. The zero-order chi connectivity index (χ0) is 23.8. The first-order chi connectivity index (χ1) is 15.9. The number of nitrogens with zero attached hydrogens (tertiary/aromatic N) is 1. The van der Waals surface area contributed by atoms with Crippen molar-refractivity contribution in [2.75, 3.05) is 24.6 Å². The molecule has 1 fully saturated rings. The molecule has 6 nitrogen and oxygen atoms in total.